The minimum absolute atomic E-state index is 0.0709. The van der Waals surface area contributed by atoms with Crippen LogP contribution < -0.4 is 5.32 Å². The molecule has 5 heteroatoms. The van der Waals surface area contributed by atoms with Crippen molar-refractivity contribution < 1.29 is 14.3 Å². The van der Waals surface area contributed by atoms with E-state index in [1.54, 1.807) is 12.3 Å². The van der Waals surface area contributed by atoms with E-state index < -0.39 is 0 Å². The van der Waals surface area contributed by atoms with E-state index in [-0.39, 0.29) is 11.7 Å². The number of nitrogens with zero attached hydrogens (tertiary/aromatic N) is 1. The number of carbonyl (C=O) groups excluding carboxylic acids is 1. The quantitative estimate of drug-likeness (QED) is 0.930. The largest absolute Gasteiger partial charge is 0.348 e. The number of nitrogens with one attached hydrogen (secondary N) is 1. The summed E-state index contributed by atoms with van der Waals surface area (Å²) in [5.41, 5.74) is 2.83. The topological polar surface area (TPSA) is 60.5 Å². The Kier molecular flexibility index (Phi) is 3.47. The van der Waals surface area contributed by atoms with Gasteiger partial charge in [0.1, 0.15) is 5.69 Å². The molecular formula is C17H20N2O3. The predicted molar refractivity (Wildman–Crippen MR) is 81.2 cm³/mol. The van der Waals surface area contributed by atoms with Crippen molar-refractivity contribution in [3.63, 3.8) is 0 Å². The van der Waals surface area contributed by atoms with E-state index in [9.17, 15) is 4.79 Å². The number of pyridine rings is 1. The lowest BCUT2D eigenvalue weighted by atomic mass is 9.90. The number of ether oxygens (including phenoxy) is 2. The number of carbonyl (C=O) groups is 1. The number of hydrogen-bond acceptors (Lipinski definition) is 4. The molecule has 1 aromatic rings. The van der Waals surface area contributed by atoms with Gasteiger partial charge in [-0.15, -0.1) is 0 Å². The third kappa shape index (κ3) is 2.78. The maximum Gasteiger partial charge on any atom is 0.270 e. The van der Waals surface area contributed by atoms with Crippen LogP contribution >= 0.6 is 0 Å². The molecular weight excluding hydrogens is 280 g/mol. The smallest absolute Gasteiger partial charge is 0.270 e. The lowest BCUT2D eigenvalue weighted by molar-refractivity contribution is -0.159. The molecule has 2 heterocycles. The summed E-state index contributed by atoms with van der Waals surface area (Å²) in [6.07, 6.45) is 8.72. The molecule has 0 atom stereocenters. The van der Waals surface area contributed by atoms with Crippen molar-refractivity contribution in [2.24, 2.45) is 0 Å². The summed E-state index contributed by atoms with van der Waals surface area (Å²) in [5.74, 6) is -0.459. The van der Waals surface area contributed by atoms with Gasteiger partial charge in [0.2, 0.25) is 0 Å². The van der Waals surface area contributed by atoms with Gasteiger partial charge in [-0.2, -0.15) is 0 Å². The molecule has 1 N–H and O–H groups in total. The first-order valence-corrected chi connectivity index (χ1v) is 7.98. The molecule has 22 heavy (non-hydrogen) atoms. The first-order valence-electron chi connectivity index (χ1n) is 7.98. The van der Waals surface area contributed by atoms with Crippen molar-refractivity contribution in [3.8, 4) is 0 Å². The van der Waals surface area contributed by atoms with Crippen LogP contribution in [0.15, 0.2) is 24.4 Å². The standard InChI is InChI=1S/C17H20N2O3/c20-16(19-14-2-3-14)15-4-1-13(11-18-15)12-5-7-17(8-6-12)21-9-10-22-17/h1,4-5,11,14H,2-3,6-10H2,(H,19,20). The summed E-state index contributed by atoms with van der Waals surface area (Å²) in [5, 5.41) is 2.95. The zero-order valence-corrected chi connectivity index (χ0v) is 12.5. The second-order valence-electron chi connectivity index (χ2n) is 6.22. The van der Waals surface area contributed by atoms with Gasteiger partial charge in [0.15, 0.2) is 5.79 Å². The Balaban J connectivity index is 1.44. The van der Waals surface area contributed by atoms with Gasteiger partial charge in [0.25, 0.3) is 5.91 Å². The highest BCUT2D eigenvalue weighted by Crippen LogP contribution is 2.37. The maximum atomic E-state index is 11.9. The van der Waals surface area contributed by atoms with Gasteiger partial charge in [-0.1, -0.05) is 12.1 Å². The highest BCUT2D eigenvalue weighted by Gasteiger charge is 2.37. The van der Waals surface area contributed by atoms with Gasteiger partial charge in [-0.25, -0.2) is 0 Å². The number of aromatic nitrogens is 1. The Labute approximate surface area is 129 Å². The van der Waals surface area contributed by atoms with E-state index in [0.717, 1.165) is 37.7 Å². The first-order chi connectivity index (χ1) is 10.7. The van der Waals surface area contributed by atoms with Crippen LogP contribution in [-0.4, -0.2) is 35.9 Å². The van der Waals surface area contributed by atoms with Crippen molar-refractivity contribution in [2.45, 2.75) is 43.9 Å². The first kappa shape index (κ1) is 13.9. The fourth-order valence-corrected chi connectivity index (χ4v) is 3.03. The molecule has 5 nitrogen and oxygen atoms in total. The van der Waals surface area contributed by atoms with E-state index in [1.165, 1.54) is 5.57 Å². The average Bonchev–Trinajstić information content (AvgIpc) is 3.26. The third-order valence-corrected chi connectivity index (χ3v) is 4.53. The third-order valence-electron chi connectivity index (χ3n) is 4.53. The van der Waals surface area contributed by atoms with Crippen LogP contribution in [0.2, 0.25) is 0 Å². The van der Waals surface area contributed by atoms with Gasteiger partial charge in [-0.3, -0.25) is 9.78 Å². The fraction of sp³-hybridized carbons (Fsp3) is 0.529. The van der Waals surface area contributed by atoms with E-state index in [2.05, 4.69) is 16.4 Å². The highest BCUT2D eigenvalue weighted by atomic mass is 16.7. The van der Waals surface area contributed by atoms with Gasteiger partial charge >= 0.3 is 0 Å². The minimum Gasteiger partial charge on any atom is -0.348 e. The Hall–Kier alpha value is -1.72. The molecule has 0 aromatic carbocycles. The molecule has 2 fully saturated rings. The second-order valence-corrected chi connectivity index (χ2v) is 6.22. The Bertz CT molecular complexity index is 599. The summed E-state index contributed by atoms with van der Waals surface area (Å²) in [6, 6.07) is 4.15. The maximum absolute atomic E-state index is 11.9. The van der Waals surface area contributed by atoms with Crippen molar-refractivity contribution in [3.05, 3.63) is 35.7 Å². The SMILES string of the molecule is O=C(NC1CC1)c1ccc(C2=CCC3(CC2)OCCO3)cn1. The molecule has 1 amide bonds. The molecule has 1 aliphatic heterocycles. The molecule has 1 saturated carbocycles. The zero-order valence-electron chi connectivity index (χ0n) is 12.5. The monoisotopic (exact) mass is 300 g/mol. The van der Waals surface area contributed by atoms with E-state index in [1.807, 2.05) is 6.07 Å². The summed E-state index contributed by atoms with van der Waals surface area (Å²) in [7, 11) is 0. The predicted octanol–water partition coefficient (Wildman–Crippen LogP) is 2.28. The number of allylic oxidation sites excluding steroid dienone is 1. The summed E-state index contributed by atoms with van der Waals surface area (Å²) in [6.45, 7) is 1.38. The molecule has 0 unspecified atom stereocenters. The molecule has 0 radical (unpaired) electrons. The van der Waals surface area contributed by atoms with Crippen molar-refractivity contribution >= 4 is 11.5 Å². The normalized spacial score (nSPS) is 23.4. The van der Waals surface area contributed by atoms with Crippen LogP contribution in [0.25, 0.3) is 5.57 Å². The van der Waals surface area contributed by atoms with E-state index in [4.69, 9.17) is 9.47 Å². The molecule has 2 aliphatic carbocycles. The lowest BCUT2D eigenvalue weighted by Gasteiger charge is -2.30. The molecule has 1 aromatic heterocycles. The van der Waals surface area contributed by atoms with Crippen LogP contribution in [0, 0.1) is 0 Å². The van der Waals surface area contributed by atoms with E-state index in [0.29, 0.717) is 24.9 Å². The van der Waals surface area contributed by atoms with E-state index >= 15 is 0 Å². The van der Waals surface area contributed by atoms with Gasteiger partial charge in [-0.05, 0) is 36.5 Å². The Morgan fingerprint density at radius 1 is 1.27 bits per heavy atom. The molecule has 1 spiro atoms. The highest BCUT2D eigenvalue weighted by molar-refractivity contribution is 5.92. The molecule has 3 aliphatic rings. The summed E-state index contributed by atoms with van der Waals surface area (Å²) >= 11 is 0. The lowest BCUT2D eigenvalue weighted by Crippen LogP contribution is -2.31. The van der Waals surface area contributed by atoms with Crippen LogP contribution in [0.3, 0.4) is 0 Å². The summed E-state index contributed by atoms with van der Waals surface area (Å²) < 4.78 is 11.4. The van der Waals surface area contributed by atoms with Gasteiger partial charge in [0, 0.05) is 25.1 Å². The van der Waals surface area contributed by atoms with Crippen molar-refractivity contribution in [2.75, 3.05) is 13.2 Å². The Morgan fingerprint density at radius 3 is 2.68 bits per heavy atom. The molecule has 1 saturated heterocycles. The zero-order chi connectivity index (χ0) is 15.0. The Morgan fingerprint density at radius 2 is 2.09 bits per heavy atom. The van der Waals surface area contributed by atoms with Crippen molar-refractivity contribution in [1.29, 1.82) is 0 Å². The molecule has 116 valence electrons. The van der Waals surface area contributed by atoms with Crippen LogP contribution in [-0.2, 0) is 9.47 Å². The van der Waals surface area contributed by atoms with Crippen LogP contribution in [0.4, 0.5) is 0 Å². The average molecular weight is 300 g/mol. The van der Waals surface area contributed by atoms with Crippen LogP contribution in [0.5, 0.6) is 0 Å². The second kappa shape index (κ2) is 5.48. The number of rotatable bonds is 3. The summed E-state index contributed by atoms with van der Waals surface area (Å²) in [4.78, 5) is 16.2. The number of hydrogen-bond donors (Lipinski definition) is 1. The molecule has 0 bridgehead atoms. The molecule has 4 rings (SSSR count). The van der Waals surface area contributed by atoms with Gasteiger partial charge in [0.05, 0.1) is 13.2 Å². The number of amides is 1. The fourth-order valence-electron chi connectivity index (χ4n) is 3.03. The van der Waals surface area contributed by atoms with Crippen molar-refractivity contribution in [1.82, 2.24) is 10.3 Å². The van der Waals surface area contributed by atoms with Crippen LogP contribution in [0.1, 0.15) is 48.2 Å². The minimum atomic E-state index is -0.388. The van der Waals surface area contributed by atoms with Gasteiger partial charge < -0.3 is 14.8 Å².